The van der Waals surface area contributed by atoms with Crippen LogP contribution >= 0.6 is 11.8 Å². The standard InChI is InChI=1S/C17H24N2O3S2/c1-12(2)13-4-6-14(7-5-13)19-16-11-24(20,21)10-15(16)18-17(19)23-9-8-22-3/h4-7,12,15-16H,8-11H2,1-3H3/t15-,16-/m0/s1. The van der Waals surface area contributed by atoms with Crippen LogP contribution in [0, 0.1) is 0 Å². The number of benzene rings is 1. The Morgan fingerprint density at radius 2 is 2.00 bits per heavy atom. The molecular formula is C17H24N2O3S2. The van der Waals surface area contributed by atoms with Gasteiger partial charge in [-0.2, -0.15) is 0 Å². The largest absolute Gasteiger partial charge is 0.384 e. The molecule has 0 bridgehead atoms. The first kappa shape index (κ1) is 17.8. The summed E-state index contributed by atoms with van der Waals surface area (Å²) >= 11 is 1.64. The van der Waals surface area contributed by atoms with Gasteiger partial charge in [0.15, 0.2) is 15.0 Å². The van der Waals surface area contributed by atoms with Crippen LogP contribution in [0.25, 0.3) is 0 Å². The van der Waals surface area contributed by atoms with Gasteiger partial charge in [0.05, 0.1) is 30.2 Å². The van der Waals surface area contributed by atoms with Gasteiger partial charge in [0.2, 0.25) is 0 Å². The van der Waals surface area contributed by atoms with Crippen LogP contribution in [-0.2, 0) is 14.6 Å². The molecule has 1 saturated heterocycles. The van der Waals surface area contributed by atoms with Gasteiger partial charge >= 0.3 is 0 Å². The van der Waals surface area contributed by atoms with Crippen molar-refractivity contribution in [3.05, 3.63) is 29.8 Å². The molecule has 5 nitrogen and oxygen atoms in total. The van der Waals surface area contributed by atoms with Crippen molar-refractivity contribution in [2.24, 2.45) is 4.99 Å². The summed E-state index contributed by atoms with van der Waals surface area (Å²) in [6, 6.07) is 8.17. The Bertz CT molecular complexity index is 714. The number of sulfone groups is 1. The fraction of sp³-hybridized carbons (Fsp3) is 0.588. The number of hydrogen-bond donors (Lipinski definition) is 0. The maximum Gasteiger partial charge on any atom is 0.164 e. The van der Waals surface area contributed by atoms with Crippen LogP contribution in [0.5, 0.6) is 0 Å². The summed E-state index contributed by atoms with van der Waals surface area (Å²) in [6.45, 7) is 4.98. The zero-order valence-corrected chi connectivity index (χ0v) is 15.9. The lowest BCUT2D eigenvalue weighted by Crippen LogP contribution is -2.39. The van der Waals surface area contributed by atoms with Crippen molar-refractivity contribution in [3.63, 3.8) is 0 Å². The Morgan fingerprint density at radius 1 is 1.29 bits per heavy atom. The van der Waals surface area contributed by atoms with Gasteiger partial charge < -0.3 is 9.64 Å². The highest BCUT2D eigenvalue weighted by Gasteiger charge is 2.47. The van der Waals surface area contributed by atoms with Gasteiger partial charge in [-0.1, -0.05) is 37.7 Å². The molecule has 0 N–H and O–H groups in total. The lowest BCUT2D eigenvalue weighted by atomic mass is 10.0. The summed E-state index contributed by atoms with van der Waals surface area (Å²) in [5, 5.41) is 0.911. The molecule has 24 heavy (non-hydrogen) atoms. The Balaban J connectivity index is 1.87. The van der Waals surface area contributed by atoms with Crippen LogP contribution in [0.15, 0.2) is 29.3 Å². The maximum absolute atomic E-state index is 12.0. The van der Waals surface area contributed by atoms with Crippen LogP contribution in [-0.4, -0.2) is 56.6 Å². The van der Waals surface area contributed by atoms with E-state index in [-0.39, 0.29) is 23.6 Å². The minimum absolute atomic E-state index is 0.0788. The molecule has 132 valence electrons. The van der Waals surface area contributed by atoms with E-state index in [0.717, 1.165) is 16.6 Å². The molecule has 0 spiro atoms. The number of thioether (sulfide) groups is 1. The monoisotopic (exact) mass is 368 g/mol. The molecule has 7 heteroatoms. The number of rotatable bonds is 5. The number of fused-ring (bicyclic) bond motifs is 1. The molecule has 2 heterocycles. The highest BCUT2D eigenvalue weighted by atomic mass is 32.2. The summed E-state index contributed by atoms with van der Waals surface area (Å²) in [4.78, 5) is 6.81. The highest BCUT2D eigenvalue weighted by Crippen LogP contribution is 2.35. The number of amidine groups is 1. The summed E-state index contributed by atoms with van der Waals surface area (Å²) in [5.41, 5.74) is 2.30. The molecule has 1 aromatic rings. The Labute approximate surface area is 148 Å². The molecule has 0 saturated carbocycles. The first-order valence-corrected chi connectivity index (χ1v) is 11.0. The van der Waals surface area contributed by atoms with Crippen LogP contribution in [0.2, 0.25) is 0 Å². The third-order valence-electron chi connectivity index (χ3n) is 4.46. The predicted molar refractivity (Wildman–Crippen MR) is 101 cm³/mol. The van der Waals surface area contributed by atoms with Gasteiger partial charge in [-0.15, -0.1) is 0 Å². The predicted octanol–water partition coefficient (Wildman–Crippen LogP) is 2.53. The van der Waals surface area contributed by atoms with E-state index in [0.29, 0.717) is 12.5 Å². The second kappa shape index (κ2) is 7.06. The molecule has 0 unspecified atom stereocenters. The average molecular weight is 369 g/mol. The van der Waals surface area contributed by atoms with E-state index in [1.165, 1.54) is 5.56 Å². The number of hydrogen-bond acceptors (Lipinski definition) is 6. The number of aliphatic imine (C=N–C) groups is 1. The van der Waals surface area contributed by atoms with E-state index < -0.39 is 9.84 Å². The molecule has 0 aliphatic carbocycles. The molecule has 2 aliphatic rings. The number of nitrogens with zero attached hydrogens (tertiary/aromatic N) is 2. The average Bonchev–Trinajstić information content (AvgIpc) is 2.98. The van der Waals surface area contributed by atoms with E-state index in [1.807, 2.05) is 0 Å². The molecule has 0 aromatic heterocycles. The molecule has 1 aromatic carbocycles. The molecule has 0 amide bonds. The lowest BCUT2D eigenvalue weighted by Gasteiger charge is -2.26. The number of methoxy groups -OCH3 is 1. The number of ether oxygens (including phenoxy) is 1. The van der Waals surface area contributed by atoms with Crippen molar-refractivity contribution >= 4 is 32.5 Å². The Hall–Kier alpha value is -1.05. The fourth-order valence-electron chi connectivity index (χ4n) is 3.17. The van der Waals surface area contributed by atoms with Crippen molar-refractivity contribution in [3.8, 4) is 0 Å². The first-order chi connectivity index (χ1) is 11.4. The molecule has 1 fully saturated rings. The molecule has 2 atom stereocenters. The topological polar surface area (TPSA) is 59.0 Å². The van der Waals surface area contributed by atoms with Gasteiger partial charge in [-0.3, -0.25) is 4.99 Å². The third kappa shape index (κ3) is 3.63. The van der Waals surface area contributed by atoms with Crippen LogP contribution < -0.4 is 4.90 Å². The molecular weight excluding hydrogens is 344 g/mol. The third-order valence-corrected chi connectivity index (χ3v) is 7.09. The first-order valence-electron chi connectivity index (χ1n) is 8.20. The van der Waals surface area contributed by atoms with Crippen LogP contribution in [0.4, 0.5) is 5.69 Å². The van der Waals surface area contributed by atoms with E-state index >= 15 is 0 Å². The van der Waals surface area contributed by atoms with Crippen molar-refractivity contribution < 1.29 is 13.2 Å². The second-order valence-corrected chi connectivity index (χ2v) is 9.80. The molecule has 2 aliphatic heterocycles. The van der Waals surface area contributed by atoms with Crippen molar-refractivity contribution in [2.75, 3.05) is 35.9 Å². The zero-order chi connectivity index (χ0) is 17.3. The van der Waals surface area contributed by atoms with Crippen LogP contribution in [0.3, 0.4) is 0 Å². The minimum atomic E-state index is -3.00. The summed E-state index contributed by atoms with van der Waals surface area (Å²) in [6.07, 6.45) is 0. The Morgan fingerprint density at radius 3 is 2.62 bits per heavy atom. The summed E-state index contributed by atoms with van der Waals surface area (Å²) < 4.78 is 29.1. The van der Waals surface area contributed by atoms with Crippen molar-refractivity contribution in [2.45, 2.75) is 31.8 Å². The van der Waals surface area contributed by atoms with Crippen LogP contribution in [0.1, 0.15) is 25.3 Å². The van der Waals surface area contributed by atoms with Crippen molar-refractivity contribution in [1.29, 1.82) is 0 Å². The van der Waals surface area contributed by atoms with E-state index in [2.05, 4.69) is 43.0 Å². The van der Waals surface area contributed by atoms with Gasteiger partial charge in [-0.25, -0.2) is 8.42 Å². The second-order valence-electron chi connectivity index (χ2n) is 6.58. The lowest BCUT2D eigenvalue weighted by molar-refractivity contribution is 0.219. The van der Waals surface area contributed by atoms with Gasteiger partial charge in [0, 0.05) is 18.6 Å². The number of anilines is 1. The summed E-state index contributed by atoms with van der Waals surface area (Å²) in [5.74, 6) is 1.62. The smallest absolute Gasteiger partial charge is 0.164 e. The van der Waals surface area contributed by atoms with Crippen molar-refractivity contribution in [1.82, 2.24) is 0 Å². The zero-order valence-electron chi connectivity index (χ0n) is 14.3. The molecule has 0 radical (unpaired) electrons. The van der Waals surface area contributed by atoms with E-state index in [1.54, 1.807) is 18.9 Å². The highest BCUT2D eigenvalue weighted by molar-refractivity contribution is 8.14. The quantitative estimate of drug-likeness (QED) is 0.748. The SMILES string of the molecule is COCCSC1=N[C@H]2CS(=O)(=O)C[C@@H]2N1c1ccc(C(C)C)cc1. The normalized spacial score (nSPS) is 25.2. The van der Waals surface area contributed by atoms with E-state index in [4.69, 9.17) is 9.73 Å². The van der Waals surface area contributed by atoms with Gasteiger partial charge in [-0.05, 0) is 23.6 Å². The van der Waals surface area contributed by atoms with E-state index in [9.17, 15) is 8.42 Å². The van der Waals surface area contributed by atoms with Gasteiger partial charge in [0.25, 0.3) is 0 Å². The van der Waals surface area contributed by atoms with Gasteiger partial charge in [0.1, 0.15) is 0 Å². The fourth-order valence-corrected chi connectivity index (χ4v) is 6.04. The molecule has 3 rings (SSSR count). The minimum Gasteiger partial charge on any atom is -0.384 e. The Kier molecular flexibility index (Phi) is 5.22. The maximum atomic E-state index is 12.0. The summed E-state index contributed by atoms with van der Waals surface area (Å²) in [7, 11) is -1.32.